The van der Waals surface area contributed by atoms with Crippen molar-refractivity contribution in [3.05, 3.63) is 59.4 Å². The maximum atomic E-state index is 12.7. The number of nitriles is 1. The minimum Gasteiger partial charge on any atom is -0.245 e. The number of fused-ring (bicyclic) bond motifs is 1. The third-order valence-electron chi connectivity index (χ3n) is 3.67. The molecule has 2 aromatic rings. The fourth-order valence-corrected chi connectivity index (χ4v) is 3.96. The number of aromatic nitrogens is 1. The minimum absolute atomic E-state index is 0.263. The molecule has 0 radical (unpaired) electrons. The van der Waals surface area contributed by atoms with Crippen molar-refractivity contribution in [1.29, 1.82) is 5.26 Å². The van der Waals surface area contributed by atoms with Gasteiger partial charge < -0.3 is 0 Å². The van der Waals surface area contributed by atoms with E-state index < -0.39 is 10.0 Å². The van der Waals surface area contributed by atoms with E-state index in [1.807, 2.05) is 13.0 Å². The average molecular weight is 298 g/mol. The normalized spacial score (nSPS) is 14.2. The van der Waals surface area contributed by atoms with E-state index in [1.165, 1.54) is 10.2 Å². The molecule has 1 aliphatic carbocycles. The largest absolute Gasteiger partial charge is 0.267 e. The van der Waals surface area contributed by atoms with Crippen molar-refractivity contribution >= 4 is 15.6 Å². The Balaban J connectivity index is 2.14. The van der Waals surface area contributed by atoms with E-state index in [9.17, 15) is 8.42 Å². The zero-order valence-corrected chi connectivity index (χ0v) is 12.4. The van der Waals surface area contributed by atoms with Crippen molar-refractivity contribution in [2.24, 2.45) is 0 Å². The Morgan fingerprint density at radius 3 is 2.57 bits per heavy atom. The molecule has 0 aliphatic heterocycles. The van der Waals surface area contributed by atoms with Gasteiger partial charge in [-0.3, -0.25) is 0 Å². The number of aryl methyl sites for hydroxylation is 1. The topological polar surface area (TPSA) is 62.9 Å². The number of benzene rings is 1. The lowest BCUT2D eigenvalue weighted by Gasteiger charge is -2.14. The Kier molecular flexibility index (Phi) is 3.19. The van der Waals surface area contributed by atoms with Crippen LogP contribution in [0.5, 0.6) is 0 Å². The van der Waals surface area contributed by atoms with Crippen molar-refractivity contribution in [3.8, 4) is 6.07 Å². The second kappa shape index (κ2) is 4.90. The number of nitrogens with zero attached hydrogens (tertiary/aromatic N) is 2. The van der Waals surface area contributed by atoms with Crippen molar-refractivity contribution in [2.45, 2.75) is 24.7 Å². The predicted molar refractivity (Wildman–Crippen MR) is 80.1 cm³/mol. The van der Waals surface area contributed by atoms with Gasteiger partial charge in [0.2, 0.25) is 0 Å². The minimum atomic E-state index is -3.61. The van der Waals surface area contributed by atoms with Crippen LogP contribution in [0.2, 0.25) is 0 Å². The van der Waals surface area contributed by atoms with E-state index in [1.54, 1.807) is 30.3 Å². The molecule has 1 aromatic carbocycles. The summed E-state index contributed by atoms with van der Waals surface area (Å²) in [6.07, 6.45) is 4.70. The molecule has 0 saturated carbocycles. The highest BCUT2D eigenvalue weighted by Crippen LogP contribution is 2.29. The summed E-state index contributed by atoms with van der Waals surface area (Å²) in [5, 5.41) is 9.12. The van der Waals surface area contributed by atoms with E-state index in [0.29, 0.717) is 24.1 Å². The Hall–Kier alpha value is -2.32. The molecule has 0 bridgehead atoms. The monoisotopic (exact) mass is 298 g/mol. The highest BCUT2D eigenvalue weighted by atomic mass is 32.2. The zero-order chi connectivity index (χ0) is 15.0. The highest BCUT2D eigenvalue weighted by Gasteiger charge is 2.24. The first-order chi connectivity index (χ1) is 10.0. The van der Waals surface area contributed by atoms with Gasteiger partial charge in [-0.15, -0.1) is 0 Å². The van der Waals surface area contributed by atoms with Crippen LogP contribution in [0.25, 0.3) is 5.57 Å². The Bertz CT molecular complexity index is 866. The first-order valence-corrected chi connectivity index (χ1v) is 8.11. The molecule has 5 heteroatoms. The van der Waals surface area contributed by atoms with Crippen LogP contribution in [0, 0.1) is 18.3 Å². The van der Waals surface area contributed by atoms with Crippen LogP contribution in [-0.4, -0.2) is 12.4 Å². The number of allylic oxidation sites excluding steroid dienone is 2. The van der Waals surface area contributed by atoms with Crippen molar-refractivity contribution in [1.82, 2.24) is 3.97 Å². The van der Waals surface area contributed by atoms with Gasteiger partial charge in [-0.1, -0.05) is 23.8 Å². The fourth-order valence-electron chi connectivity index (χ4n) is 2.56. The van der Waals surface area contributed by atoms with Crippen LogP contribution >= 0.6 is 0 Å². The van der Waals surface area contributed by atoms with Crippen molar-refractivity contribution in [2.75, 3.05) is 0 Å². The van der Waals surface area contributed by atoms with E-state index in [4.69, 9.17) is 5.26 Å². The number of hydrogen-bond donors (Lipinski definition) is 0. The summed E-state index contributed by atoms with van der Waals surface area (Å²) < 4.78 is 26.8. The number of rotatable bonds is 2. The van der Waals surface area contributed by atoms with Crippen molar-refractivity contribution < 1.29 is 8.42 Å². The molecule has 0 fully saturated rings. The van der Waals surface area contributed by atoms with Crippen LogP contribution in [0.1, 0.15) is 23.2 Å². The van der Waals surface area contributed by atoms with Crippen LogP contribution in [0.15, 0.2) is 47.5 Å². The molecule has 0 N–H and O–H groups in total. The Morgan fingerprint density at radius 2 is 1.90 bits per heavy atom. The van der Waals surface area contributed by atoms with E-state index in [-0.39, 0.29) is 4.90 Å². The second-order valence-corrected chi connectivity index (χ2v) is 6.87. The van der Waals surface area contributed by atoms with Gasteiger partial charge in [0.1, 0.15) is 0 Å². The predicted octanol–water partition coefficient (Wildman–Crippen LogP) is 2.89. The van der Waals surface area contributed by atoms with Crippen LogP contribution < -0.4 is 0 Å². The molecule has 106 valence electrons. The third-order valence-corrected chi connectivity index (χ3v) is 5.40. The lowest BCUT2D eigenvalue weighted by molar-refractivity contribution is 0.585. The Morgan fingerprint density at radius 1 is 1.19 bits per heavy atom. The first kappa shape index (κ1) is 13.7. The molecule has 0 unspecified atom stereocenters. The zero-order valence-electron chi connectivity index (χ0n) is 11.6. The summed E-state index contributed by atoms with van der Waals surface area (Å²) in [5.41, 5.74) is 2.97. The molecule has 1 heterocycles. The van der Waals surface area contributed by atoms with E-state index in [2.05, 4.69) is 6.07 Å². The van der Waals surface area contributed by atoms with E-state index in [0.717, 1.165) is 11.1 Å². The molecule has 0 saturated heterocycles. The van der Waals surface area contributed by atoms with Gasteiger partial charge in [0.15, 0.2) is 0 Å². The van der Waals surface area contributed by atoms with Crippen molar-refractivity contribution in [3.63, 3.8) is 0 Å². The molecular formula is C16H14N2O2S. The average Bonchev–Trinajstić information content (AvgIpc) is 2.92. The molecular weight excluding hydrogens is 284 g/mol. The lowest BCUT2D eigenvalue weighted by atomic mass is 9.98. The smallest absolute Gasteiger partial charge is 0.245 e. The van der Waals surface area contributed by atoms with Crippen LogP contribution in [-0.2, 0) is 16.4 Å². The molecule has 3 rings (SSSR count). The van der Waals surface area contributed by atoms with E-state index >= 15 is 0 Å². The van der Waals surface area contributed by atoms with Gasteiger partial charge in [0, 0.05) is 17.5 Å². The van der Waals surface area contributed by atoms with Crippen LogP contribution in [0.4, 0.5) is 0 Å². The number of hydrogen-bond acceptors (Lipinski definition) is 3. The molecule has 4 nitrogen and oxygen atoms in total. The lowest BCUT2D eigenvalue weighted by Crippen LogP contribution is -2.16. The fraction of sp³-hybridized carbons (Fsp3) is 0.188. The van der Waals surface area contributed by atoms with Gasteiger partial charge in [-0.2, -0.15) is 5.26 Å². The highest BCUT2D eigenvalue weighted by molar-refractivity contribution is 7.90. The summed E-state index contributed by atoms with van der Waals surface area (Å²) in [4.78, 5) is 0.263. The van der Waals surface area contributed by atoms with Gasteiger partial charge >= 0.3 is 0 Å². The molecule has 1 aromatic heterocycles. The summed E-state index contributed by atoms with van der Waals surface area (Å²) in [7, 11) is -3.61. The molecule has 0 spiro atoms. The van der Waals surface area contributed by atoms with Gasteiger partial charge in [0.05, 0.1) is 16.5 Å². The maximum absolute atomic E-state index is 12.7. The van der Waals surface area contributed by atoms with Gasteiger partial charge in [-0.25, -0.2) is 12.4 Å². The second-order valence-electron chi connectivity index (χ2n) is 5.06. The van der Waals surface area contributed by atoms with Gasteiger partial charge in [0.25, 0.3) is 10.0 Å². The maximum Gasteiger partial charge on any atom is 0.267 e. The standard InChI is InChI=1S/C16H14N2O2S/c1-12-5-7-14(8-6-12)21(19,20)18-10-9-15-13(11-17)3-2-4-16(15)18/h3,5-10H,2,4H2,1H3. The SMILES string of the molecule is Cc1ccc(S(=O)(=O)n2ccc3c2CCC=C3C#N)cc1. The first-order valence-electron chi connectivity index (χ1n) is 6.67. The quantitative estimate of drug-likeness (QED) is 0.856. The van der Waals surface area contributed by atoms with Gasteiger partial charge in [-0.05, 0) is 38.0 Å². The molecule has 21 heavy (non-hydrogen) atoms. The molecule has 0 amide bonds. The Labute approximate surface area is 124 Å². The summed E-state index contributed by atoms with van der Waals surface area (Å²) >= 11 is 0. The molecule has 1 aliphatic rings. The van der Waals surface area contributed by atoms with Crippen LogP contribution in [0.3, 0.4) is 0 Å². The third kappa shape index (κ3) is 2.18. The summed E-state index contributed by atoms with van der Waals surface area (Å²) in [6.45, 7) is 1.91. The summed E-state index contributed by atoms with van der Waals surface area (Å²) in [6, 6.07) is 10.6. The summed E-state index contributed by atoms with van der Waals surface area (Å²) in [5.74, 6) is 0. The molecule has 0 atom stereocenters.